The number of nitrogens with one attached hydrogen (secondary N) is 1. The molecule has 7 heteroatoms. The second-order valence-electron chi connectivity index (χ2n) is 7.91. The molecule has 1 aliphatic heterocycles. The van der Waals surface area contributed by atoms with Crippen LogP contribution in [0.25, 0.3) is 0 Å². The van der Waals surface area contributed by atoms with Crippen LogP contribution in [0.5, 0.6) is 0 Å². The number of carbonyl (C=O) groups is 2. The van der Waals surface area contributed by atoms with E-state index in [1.165, 1.54) is 11.9 Å². The van der Waals surface area contributed by atoms with Gasteiger partial charge in [-0.2, -0.15) is 5.10 Å². The molecule has 1 saturated carbocycles. The van der Waals surface area contributed by atoms with Gasteiger partial charge in [-0.15, -0.1) is 0 Å². The molecule has 30 heavy (non-hydrogen) atoms. The number of benzene rings is 2. The molecule has 2 aromatic carbocycles. The van der Waals surface area contributed by atoms with Crippen LogP contribution in [-0.2, 0) is 16.0 Å². The van der Waals surface area contributed by atoms with Crippen LogP contribution < -0.4 is 5.32 Å². The second kappa shape index (κ2) is 7.78. The molecule has 0 bridgehead atoms. The van der Waals surface area contributed by atoms with Gasteiger partial charge in [-0.1, -0.05) is 48.0 Å². The van der Waals surface area contributed by atoms with Crippen molar-refractivity contribution in [2.75, 3.05) is 6.54 Å². The first-order valence-corrected chi connectivity index (χ1v) is 10.5. The number of hydrogen-bond acceptors (Lipinski definition) is 5. The fourth-order valence-electron chi connectivity index (χ4n) is 4.89. The molecule has 0 saturated heterocycles. The van der Waals surface area contributed by atoms with Gasteiger partial charge in [-0.05, 0) is 41.8 Å². The predicted molar refractivity (Wildman–Crippen MR) is 112 cm³/mol. The summed E-state index contributed by atoms with van der Waals surface area (Å²) in [5, 5.41) is 8.26. The Morgan fingerprint density at radius 1 is 1.10 bits per heavy atom. The van der Waals surface area contributed by atoms with Crippen molar-refractivity contribution in [2.45, 2.75) is 30.8 Å². The molecule has 6 nitrogen and oxygen atoms in total. The summed E-state index contributed by atoms with van der Waals surface area (Å²) in [6.07, 6.45) is 4.11. The van der Waals surface area contributed by atoms with Gasteiger partial charge in [0.25, 0.3) is 0 Å². The van der Waals surface area contributed by atoms with E-state index < -0.39 is 12.0 Å². The lowest BCUT2D eigenvalue weighted by Gasteiger charge is -2.39. The van der Waals surface area contributed by atoms with Gasteiger partial charge in [0.15, 0.2) is 5.78 Å². The minimum Gasteiger partial charge on any atom is -0.309 e. The minimum absolute atomic E-state index is 0.0458. The zero-order valence-electron chi connectivity index (χ0n) is 16.2. The first-order valence-electron chi connectivity index (χ1n) is 10.1. The average Bonchev–Trinajstić information content (AvgIpc) is 3.28. The zero-order valence-corrected chi connectivity index (χ0v) is 17.0. The highest BCUT2D eigenvalue weighted by Crippen LogP contribution is 2.44. The van der Waals surface area contributed by atoms with Gasteiger partial charge in [0.05, 0.1) is 5.92 Å². The standard InChI is InChI=1S/C23H21ClN4O2/c24-16-6-3-5-15(10-16)18-11-19(29)20(23(30)22(18)28-13-25-12-27-28)21-17-7-2-1-4-14(17)8-9-26-21/h1-7,10,12-13,18,20-22,26H,8-9,11H2/t18-,20-,21+,22+/m1/s1. The van der Waals surface area contributed by atoms with Crippen molar-refractivity contribution in [2.24, 2.45) is 5.92 Å². The van der Waals surface area contributed by atoms with Crippen molar-refractivity contribution in [1.29, 1.82) is 0 Å². The molecule has 0 radical (unpaired) electrons. The summed E-state index contributed by atoms with van der Waals surface area (Å²) in [6, 6.07) is 14.5. The highest BCUT2D eigenvalue weighted by molar-refractivity contribution is 6.30. The maximum absolute atomic E-state index is 13.8. The number of fused-ring (bicyclic) bond motifs is 1. The summed E-state index contributed by atoms with van der Waals surface area (Å²) in [5.41, 5.74) is 3.09. The van der Waals surface area contributed by atoms with E-state index in [1.54, 1.807) is 17.1 Å². The Morgan fingerprint density at radius 3 is 2.77 bits per heavy atom. The Balaban J connectivity index is 1.57. The molecule has 3 aromatic rings. The van der Waals surface area contributed by atoms with Crippen molar-refractivity contribution < 1.29 is 9.59 Å². The molecular weight excluding hydrogens is 400 g/mol. The van der Waals surface area contributed by atoms with Crippen molar-refractivity contribution >= 4 is 23.2 Å². The van der Waals surface area contributed by atoms with E-state index >= 15 is 0 Å². The largest absolute Gasteiger partial charge is 0.309 e. The van der Waals surface area contributed by atoms with Crippen LogP contribution in [0.3, 0.4) is 0 Å². The molecule has 1 N–H and O–H groups in total. The molecule has 5 rings (SSSR count). The Bertz CT molecular complexity index is 1100. The van der Waals surface area contributed by atoms with Gasteiger partial charge in [0.1, 0.15) is 24.5 Å². The second-order valence-corrected chi connectivity index (χ2v) is 8.35. The van der Waals surface area contributed by atoms with E-state index in [9.17, 15) is 9.59 Å². The van der Waals surface area contributed by atoms with Gasteiger partial charge < -0.3 is 5.32 Å². The van der Waals surface area contributed by atoms with Crippen LogP contribution in [0.1, 0.15) is 41.1 Å². The number of nitrogens with zero attached hydrogens (tertiary/aromatic N) is 3. The highest BCUT2D eigenvalue weighted by atomic mass is 35.5. The van der Waals surface area contributed by atoms with Crippen molar-refractivity contribution in [3.8, 4) is 0 Å². The minimum atomic E-state index is -0.754. The summed E-state index contributed by atoms with van der Waals surface area (Å²) in [7, 11) is 0. The van der Waals surface area contributed by atoms with Crippen molar-refractivity contribution in [1.82, 2.24) is 20.1 Å². The van der Waals surface area contributed by atoms with E-state index in [0.717, 1.165) is 24.1 Å². The molecule has 0 amide bonds. The molecule has 2 aliphatic rings. The molecular formula is C23H21ClN4O2. The number of Topliss-reactive ketones (excluding diaryl/α,β-unsaturated/α-hetero) is 2. The maximum atomic E-state index is 13.8. The zero-order chi connectivity index (χ0) is 20.7. The molecule has 0 unspecified atom stereocenters. The summed E-state index contributed by atoms with van der Waals surface area (Å²) in [5.74, 6) is -1.26. The normalized spacial score (nSPS) is 26.4. The number of carbonyl (C=O) groups excluding carboxylic acids is 2. The number of ketones is 2. The van der Waals surface area contributed by atoms with Crippen LogP contribution in [0.4, 0.5) is 0 Å². The van der Waals surface area contributed by atoms with Gasteiger partial charge >= 0.3 is 0 Å². The van der Waals surface area contributed by atoms with Crippen LogP contribution in [0, 0.1) is 5.92 Å². The highest BCUT2D eigenvalue weighted by Gasteiger charge is 2.49. The van der Waals surface area contributed by atoms with E-state index in [2.05, 4.69) is 21.5 Å². The summed E-state index contributed by atoms with van der Waals surface area (Å²) < 4.78 is 1.59. The summed E-state index contributed by atoms with van der Waals surface area (Å²) in [6.45, 7) is 0.741. The Labute approximate surface area is 179 Å². The summed E-state index contributed by atoms with van der Waals surface area (Å²) in [4.78, 5) is 31.2. The summed E-state index contributed by atoms with van der Waals surface area (Å²) >= 11 is 6.20. The van der Waals surface area contributed by atoms with Crippen LogP contribution >= 0.6 is 11.6 Å². The van der Waals surface area contributed by atoms with Crippen molar-refractivity contribution in [3.63, 3.8) is 0 Å². The first-order chi connectivity index (χ1) is 14.6. The first kappa shape index (κ1) is 19.2. The number of rotatable bonds is 3. The topological polar surface area (TPSA) is 76.9 Å². The van der Waals surface area contributed by atoms with E-state index in [1.807, 2.05) is 36.4 Å². The third-order valence-electron chi connectivity index (χ3n) is 6.23. The molecule has 1 aromatic heterocycles. The Kier molecular flexibility index (Phi) is 4.97. The maximum Gasteiger partial charge on any atom is 0.170 e. The van der Waals surface area contributed by atoms with Gasteiger partial charge in [-0.3, -0.25) is 9.59 Å². The van der Waals surface area contributed by atoms with Gasteiger partial charge in [-0.25, -0.2) is 9.67 Å². The Hall–Kier alpha value is -2.83. The van der Waals surface area contributed by atoms with Crippen LogP contribution in [-0.4, -0.2) is 32.9 Å². The molecule has 4 atom stereocenters. The van der Waals surface area contributed by atoms with E-state index in [0.29, 0.717) is 5.02 Å². The van der Waals surface area contributed by atoms with Crippen LogP contribution in [0.15, 0.2) is 61.2 Å². The SMILES string of the molecule is O=C1C[C@H](c2cccc(Cl)c2)[C@H](n2cncn2)C(=O)[C@H]1[C@H]1NCCc2ccccc21. The third-order valence-corrected chi connectivity index (χ3v) is 6.46. The number of aromatic nitrogens is 3. The lowest BCUT2D eigenvalue weighted by atomic mass is 9.69. The molecule has 152 valence electrons. The van der Waals surface area contributed by atoms with Crippen LogP contribution in [0.2, 0.25) is 5.02 Å². The smallest absolute Gasteiger partial charge is 0.170 e. The fourth-order valence-corrected chi connectivity index (χ4v) is 5.09. The predicted octanol–water partition coefficient (Wildman–Crippen LogP) is 3.30. The van der Waals surface area contributed by atoms with E-state index in [4.69, 9.17) is 11.6 Å². The fraction of sp³-hybridized carbons (Fsp3) is 0.304. The number of hydrogen-bond donors (Lipinski definition) is 1. The van der Waals surface area contributed by atoms with Gasteiger partial charge in [0, 0.05) is 23.4 Å². The lowest BCUT2D eigenvalue weighted by Crippen LogP contribution is -2.48. The lowest BCUT2D eigenvalue weighted by molar-refractivity contribution is -0.141. The molecule has 0 spiro atoms. The molecule has 1 aliphatic carbocycles. The number of halogens is 1. The Morgan fingerprint density at radius 2 is 1.97 bits per heavy atom. The van der Waals surface area contributed by atoms with Crippen molar-refractivity contribution in [3.05, 3.63) is 82.9 Å². The monoisotopic (exact) mass is 420 g/mol. The van der Waals surface area contributed by atoms with E-state index in [-0.39, 0.29) is 29.9 Å². The quantitative estimate of drug-likeness (QED) is 0.658. The molecule has 1 fully saturated rings. The molecule has 2 heterocycles. The third kappa shape index (κ3) is 3.26. The van der Waals surface area contributed by atoms with Gasteiger partial charge in [0.2, 0.25) is 0 Å². The average molecular weight is 421 g/mol.